The Labute approximate surface area is 184 Å². The standard InChI is InChI=1S/C22H27F2N3O3S/c1-13-17(14-5-7-16(8-6-14)30-20(23)24)25-21(31-13)26-18(28)15-9-11-27(12-10-15)19(29)22(2,3)4/h5-8,15,20H,9-12H2,1-4H3,(H,25,26,28). The zero-order chi connectivity index (χ0) is 22.8. The van der Waals surface area contributed by atoms with Gasteiger partial charge < -0.3 is 15.0 Å². The molecule has 2 amide bonds. The lowest BCUT2D eigenvalue weighted by molar-refractivity contribution is -0.142. The molecule has 1 aromatic heterocycles. The first-order valence-electron chi connectivity index (χ1n) is 10.2. The Morgan fingerprint density at radius 3 is 2.35 bits per heavy atom. The number of carbonyl (C=O) groups is 2. The first kappa shape index (κ1) is 23.1. The molecule has 1 aromatic carbocycles. The summed E-state index contributed by atoms with van der Waals surface area (Å²) in [4.78, 5) is 32.4. The predicted molar refractivity (Wildman–Crippen MR) is 116 cm³/mol. The minimum atomic E-state index is -2.87. The number of hydrogen-bond donors (Lipinski definition) is 1. The highest BCUT2D eigenvalue weighted by molar-refractivity contribution is 7.16. The van der Waals surface area contributed by atoms with Gasteiger partial charge in [0.25, 0.3) is 0 Å². The number of ether oxygens (including phenoxy) is 1. The van der Waals surface area contributed by atoms with E-state index in [2.05, 4.69) is 15.0 Å². The van der Waals surface area contributed by atoms with Crippen LogP contribution in [-0.2, 0) is 9.59 Å². The number of benzene rings is 1. The number of nitrogens with one attached hydrogen (secondary N) is 1. The van der Waals surface area contributed by atoms with E-state index in [0.717, 1.165) is 10.4 Å². The fraction of sp³-hybridized carbons (Fsp3) is 0.500. The van der Waals surface area contributed by atoms with Crippen molar-refractivity contribution in [2.75, 3.05) is 18.4 Å². The summed E-state index contributed by atoms with van der Waals surface area (Å²) < 4.78 is 29.0. The summed E-state index contributed by atoms with van der Waals surface area (Å²) in [5, 5.41) is 3.39. The van der Waals surface area contributed by atoms with Crippen LogP contribution in [0.2, 0.25) is 0 Å². The molecule has 0 radical (unpaired) electrons. The lowest BCUT2D eigenvalue weighted by atomic mass is 9.91. The maximum atomic E-state index is 12.7. The van der Waals surface area contributed by atoms with E-state index in [1.165, 1.54) is 23.5 Å². The Balaban J connectivity index is 1.60. The number of amides is 2. The second-order valence-electron chi connectivity index (χ2n) is 8.63. The number of thiazole rings is 1. The van der Waals surface area contributed by atoms with Crippen LogP contribution in [0.15, 0.2) is 24.3 Å². The molecule has 2 aromatic rings. The van der Waals surface area contributed by atoms with E-state index in [1.54, 1.807) is 12.1 Å². The number of nitrogens with zero attached hydrogens (tertiary/aromatic N) is 2. The van der Waals surface area contributed by atoms with Crippen LogP contribution in [0.25, 0.3) is 11.3 Å². The van der Waals surface area contributed by atoms with Gasteiger partial charge in [-0.2, -0.15) is 8.78 Å². The fourth-order valence-electron chi connectivity index (χ4n) is 3.54. The zero-order valence-electron chi connectivity index (χ0n) is 18.1. The molecule has 2 heterocycles. The van der Waals surface area contributed by atoms with Gasteiger partial charge in [0.15, 0.2) is 5.13 Å². The van der Waals surface area contributed by atoms with Gasteiger partial charge in [0, 0.05) is 34.9 Å². The van der Waals surface area contributed by atoms with Crippen LogP contribution >= 0.6 is 11.3 Å². The molecular formula is C22H27F2N3O3S. The van der Waals surface area contributed by atoms with E-state index in [9.17, 15) is 18.4 Å². The molecule has 168 valence electrons. The Kier molecular flexibility index (Phi) is 6.93. The minimum absolute atomic E-state index is 0.0800. The number of aryl methyl sites for hydroxylation is 1. The third-order valence-electron chi connectivity index (χ3n) is 5.17. The third kappa shape index (κ3) is 5.78. The van der Waals surface area contributed by atoms with Gasteiger partial charge in [-0.15, -0.1) is 11.3 Å². The number of rotatable bonds is 5. The number of anilines is 1. The van der Waals surface area contributed by atoms with Gasteiger partial charge in [-0.25, -0.2) is 4.98 Å². The van der Waals surface area contributed by atoms with E-state index < -0.39 is 12.0 Å². The average molecular weight is 452 g/mol. The van der Waals surface area contributed by atoms with Crippen molar-refractivity contribution in [3.63, 3.8) is 0 Å². The maximum Gasteiger partial charge on any atom is 0.387 e. The maximum absolute atomic E-state index is 12.7. The molecule has 1 aliphatic heterocycles. The minimum Gasteiger partial charge on any atom is -0.435 e. The van der Waals surface area contributed by atoms with Crippen LogP contribution in [0.4, 0.5) is 13.9 Å². The monoisotopic (exact) mass is 451 g/mol. The van der Waals surface area contributed by atoms with Crippen LogP contribution in [0.5, 0.6) is 5.75 Å². The largest absolute Gasteiger partial charge is 0.435 e. The average Bonchev–Trinajstić information content (AvgIpc) is 3.07. The lowest BCUT2D eigenvalue weighted by Gasteiger charge is -2.35. The molecule has 0 atom stereocenters. The van der Waals surface area contributed by atoms with Crippen molar-refractivity contribution in [3.05, 3.63) is 29.1 Å². The molecule has 0 bridgehead atoms. The Hall–Kier alpha value is -2.55. The van der Waals surface area contributed by atoms with Crippen LogP contribution in [-0.4, -0.2) is 41.4 Å². The molecule has 0 aliphatic carbocycles. The van der Waals surface area contributed by atoms with E-state index in [-0.39, 0.29) is 23.5 Å². The van der Waals surface area contributed by atoms with Crippen molar-refractivity contribution in [1.82, 2.24) is 9.88 Å². The van der Waals surface area contributed by atoms with Crippen LogP contribution in [0.1, 0.15) is 38.5 Å². The molecule has 1 N–H and O–H groups in total. The summed E-state index contributed by atoms with van der Waals surface area (Å²) >= 11 is 1.37. The van der Waals surface area contributed by atoms with Gasteiger partial charge >= 0.3 is 6.61 Å². The predicted octanol–water partition coefficient (Wildman–Crippen LogP) is 4.94. The summed E-state index contributed by atoms with van der Waals surface area (Å²) in [7, 11) is 0. The highest BCUT2D eigenvalue weighted by Gasteiger charge is 2.32. The molecule has 9 heteroatoms. The van der Waals surface area contributed by atoms with Gasteiger partial charge in [0.1, 0.15) is 5.75 Å². The topological polar surface area (TPSA) is 71.5 Å². The van der Waals surface area contributed by atoms with Gasteiger partial charge in [-0.05, 0) is 44.0 Å². The number of alkyl halides is 2. The number of carbonyl (C=O) groups excluding carboxylic acids is 2. The van der Waals surface area contributed by atoms with Gasteiger partial charge in [-0.1, -0.05) is 20.8 Å². The van der Waals surface area contributed by atoms with E-state index in [0.29, 0.717) is 36.8 Å². The second kappa shape index (κ2) is 9.30. The van der Waals surface area contributed by atoms with E-state index in [4.69, 9.17) is 0 Å². The normalized spacial score (nSPS) is 15.3. The molecule has 0 unspecified atom stereocenters. The van der Waals surface area contributed by atoms with Crippen molar-refractivity contribution < 1.29 is 23.1 Å². The summed E-state index contributed by atoms with van der Waals surface area (Å²) in [6.07, 6.45) is 1.24. The first-order valence-corrected chi connectivity index (χ1v) is 11.0. The van der Waals surface area contributed by atoms with Crippen LogP contribution in [0.3, 0.4) is 0 Å². The molecule has 1 aliphatic rings. The Bertz CT molecular complexity index is 930. The Morgan fingerprint density at radius 2 is 1.81 bits per heavy atom. The number of aromatic nitrogens is 1. The molecule has 3 rings (SSSR count). The molecule has 0 spiro atoms. The van der Waals surface area contributed by atoms with Crippen molar-refractivity contribution in [2.45, 2.75) is 47.1 Å². The molecular weight excluding hydrogens is 424 g/mol. The summed E-state index contributed by atoms with van der Waals surface area (Å²) in [6, 6.07) is 6.25. The number of piperidine rings is 1. The van der Waals surface area contributed by atoms with Gasteiger partial charge in [-0.3, -0.25) is 9.59 Å². The smallest absolute Gasteiger partial charge is 0.387 e. The van der Waals surface area contributed by atoms with Crippen LogP contribution in [0, 0.1) is 18.3 Å². The summed E-state index contributed by atoms with van der Waals surface area (Å²) in [6.45, 7) is 5.86. The zero-order valence-corrected chi connectivity index (χ0v) is 18.9. The van der Waals surface area contributed by atoms with Crippen LogP contribution < -0.4 is 10.1 Å². The van der Waals surface area contributed by atoms with E-state index >= 15 is 0 Å². The van der Waals surface area contributed by atoms with Crippen molar-refractivity contribution in [1.29, 1.82) is 0 Å². The number of hydrogen-bond acceptors (Lipinski definition) is 5. The SMILES string of the molecule is Cc1sc(NC(=O)C2CCN(C(=O)C(C)(C)C)CC2)nc1-c1ccc(OC(F)F)cc1. The summed E-state index contributed by atoms with van der Waals surface area (Å²) in [5.74, 6) is -0.0701. The van der Waals surface area contributed by atoms with Gasteiger partial charge in [0.2, 0.25) is 11.8 Å². The van der Waals surface area contributed by atoms with Gasteiger partial charge in [0.05, 0.1) is 5.69 Å². The molecule has 6 nitrogen and oxygen atoms in total. The Morgan fingerprint density at radius 1 is 1.19 bits per heavy atom. The molecule has 1 fully saturated rings. The van der Waals surface area contributed by atoms with Crippen molar-refractivity contribution >= 4 is 28.3 Å². The van der Waals surface area contributed by atoms with E-state index in [1.807, 2.05) is 32.6 Å². The quantitative estimate of drug-likeness (QED) is 0.699. The highest BCUT2D eigenvalue weighted by atomic mass is 32.1. The third-order valence-corrected chi connectivity index (χ3v) is 6.06. The number of halogens is 2. The first-order chi connectivity index (χ1) is 14.5. The van der Waals surface area contributed by atoms with Crippen molar-refractivity contribution in [3.8, 4) is 17.0 Å². The van der Waals surface area contributed by atoms with Crippen molar-refractivity contribution in [2.24, 2.45) is 11.3 Å². The molecule has 31 heavy (non-hydrogen) atoms. The second-order valence-corrected chi connectivity index (χ2v) is 9.84. The molecule has 1 saturated heterocycles. The highest BCUT2D eigenvalue weighted by Crippen LogP contribution is 2.32. The fourth-order valence-corrected chi connectivity index (χ4v) is 4.38. The number of likely N-dealkylation sites (tertiary alicyclic amines) is 1. The summed E-state index contributed by atoms with van der Waals surface area (Å²) in [5.41, 5.74) is 1.02. The lowest BCUT2D eigenvalue weighted by Crippen LogP contribution is -2.45. The molecule has 0 saturated carbocycles.